The minimum absolute atomic E-state index is 0.109. The molecule has 1 amide bonds. The first-order valence-electron chi connectivity index (χ1n) is 11.0. The smallest absolute Gasteiger partial charge is 0.228 e. The molecule has 0 bridgehead atoms. The average Bonchev–Trinajstić information content (AvgIpc) is 3.14. The molecule has 1 aromatic carbocycles. The van der Waals surface area contributed by atoms with Gasteiger partial charge in [-0.25, -0.2) is 4.68 Å². The molecule has 1 saturated carbocycles. The zero-order valence-electron chi connectivity index (χ0n) is 17.7. The summed E-state index contributed by atoms with van der Waals surface area (Å²) >= 11 is 5.97. The van der Waals surface area contributed by atoms with Crippen LogP contribution in [0.4, 0.5) is 5.69 Å². The predicted octanol–water partition coefficient (Wildman–Crippen LogP) is 3.63. The first-order valence-corrected chi connectivity index (χ1v) is 11.4. The number of carbonyl (C=O) groups excluding carboxylic acids is 1. The van der Waals surface area contributed by atoms with Crippen LogP contribution in [-0.2, 0) is 4.79 Å². The van der Waals surface area contributed by atoms with Crippen molar-refractivity contribution in [2.75, 3.05) is 18.1 Å². The molecule has 2 fully saturated rings. The fourth-order valence-corrected chi connectivity index (χ4v) is 4.79. The summed E-state index contributed by atoms with van der Waals surface area (Å²) in [5.74, 6) is 0.263. The second-order valence-corrected chi connectivity index (χ2v) is 9.87. The number of halogens is 1. The SMILES string of the molecule is CC1(C(=O)N2CCC(O)(CC3CC=NN3c3ccc(-n4cc(Cl)cn4)cc3)CC2)CC1. The molecule has 7 nitrogen and oxygen atoms in total. The average molecular weight is 442 g/mol. The molecule has 1 unspecified atom stereocenters. The van der Waals surface area contributed by atoms with Gasteiger partial charge in [0.25, 0.3) is 0 Å². The molecular formula is C23H28ClN5O2. The molecule has 0 spiro atoms. The Labute approximate surface area is 187 Å². The third kappa shape index (κ3) is 4.08. The number of likely N-dealkylation sites (tertiary alicyclic amines) is 1. The normalized spacial score (nSPS) is 23.9. The zero-order valence-corrected chi connectivity index (χ0v) is 18.5. The van der Waals surface area contributed by atoms with Crippen LogP contribution in [0.1, 0.15) is 45.4 Å². The Bertz CT molecular complexity index is 990. The molecule has 1 N–H and O–H groups in total. The van der Waals surface area contributed by atoms with E-state index in [1.807, 2.05) is 40.4 Å². The third-order valence-corrected chi connectivity index (χ3v) is 7.17. The van der Waals surface area contributed by atoms with Crippen LogP contribution in [0.2, 0.25) is 5.02 Å². The molecule has 1 saturated heterocycles. The number of rotatable bonds is 5. The molecule has 31 heavy (non-hydrogen) atoms. The van der Waals surface area contributed by atoms with Crippen LogP contribution in [0.15, 0.2) is 41.8 Å². The minimum Gasteiger partial charge on any atom is -0.390 e. The Morgan fingerprint density at radius 2 is 1.84 bits per heavy atom. The number of hydrogen-bond acceptors (Lipinski definition) is 5. The van der Waals surface area contributed by atoms with Crippen LogP contribution in [0.3, 0.4) is 0 Å². The van der Waals surface area contributed by atoms with Crippen LogP contribution >= 0.6 is 11.6 Å². The highest BCUT2D eigenvalue weighted by Gasteiger charge is 2.48. The summed E-state index contributed by atoms with van der Waals surface area (Å²) in [6.07, 6.45) is 9.98. The summed E-state index contributed by atoms with van der Waals surface area (Å²) in [6.45, 7) is 3.33. The maximum atomic E-state index is 12.6. The second kappa shape index (κ2) is 7.64. The van der Waals surface area contributed by atoms with Crippen LogP contribution in [0.25, 0.3) is 5.69 Å². The van der Waals surface area contributed by atoms with Crippen molar-refractivity contribution in [3.63, 3.8) is 0 Å². The number of carbonyl (C=O) groups is 1. The van der Waals surface area contributed by atoms with E-state index in [2.05, 4.69) is 17.1 Å². The van der Waals surface area contributed by atoms with Crippen LogP contribution in [0, 0.1) is 5.41 Å². The predicted molar refractivity (Wildman–Crippen MR) is 121 cm³/mol. The number of benzene rings is 1. The lowest BCUT2D eigenvalue weighted by Gasteiger charge is -2.41. The van der Waals surface area contributed by atoms with E-state index in [0.29, 0.717) is 37.4 Å². The zero-order chi connectivity index (χ0) is 21.6. The van der Waals surface area contributed by atoms with E-state index in [-0.39, 0.29) is 17.4 Å². The molecule has 3 aliphatic rings. The van der Waals surface area contributed by atoms with Crippen molar-refractivity contribution < 1.29 is 9.90 Å². The van der Waals surface area contributed by atoms with Gasteiger partial charge < -0.3 is 10.0 Å². The maximum absolute atomic E-state index is 12.6. The molecule has 5 rings (SSSR count). The van der Waals surface area contributed by atoms with Gasteiger partial charge in [0.1, 0.15) is 0 Å². The Balaban J connectivity index is 1.22. The van der Waals surface area contributed by atoms with Crippen LogP contribution in [-0.4, -0.2) is 56.6 Å². The molecule has 8 heteroatoms. The van der Waals surface area contributed by atoms with Gasteiger partial charge >= 0.3 is 0 Å². The van der Waals surface area contributed by atoms with Gasteiger partial charge in [0.15, 0.2) is 0 Å². The highest BCUT2D eigenvalue weighted by molar-refractivity contribution is 6.30. The summed E-state index contributed by atoms with van der Waals surface area (Å²) in [4.78, 5) is 14.6. The van der Waals surface area contributed by atoms with Crippen molar-refractivity contribution in [2.24, 2.45) is 10.5 Å². The molecular weight excluding hydrogens is 414 g/mol. The van der Waals surface area contributed by atoms with E-state index in [4.69, 9.17) is 11.6 Å². The number of aromatic nitrogens is 2. The van der Waals surface area contributed by atoms with Crippen molar-refractivity contribution in [1.29, 1.82) is 0 Å². The fraction of sp³-hybridized carbons (Fsp3) is 0.522. The quantitative estimate of drug-likeness (QED) is 0.768. The van der Waals surface area contributed by atoms with E-state index >= 15 is 0 Å². The van der Waals surface area contributed by atoms with Gasteiger partial charge in [-0.3, -0.25) is 9.80 Å². The highest BCUT2D eigenvalue weighted by atomic mass is 35.5. The van der Waals surface area contributed by atoms with Crippen molar-refractivity contribution in [3.05, 3.63) is 41.7 Å². The first-order chi connectivity index (χ1) is 14.9. The van der Waals surface area contributed by atoms with Gasteiger partial charge in [-0.2, -0.15) is 10.2 Å². The number of anilines is 1. The lowest BCUT2D eigenvalue weighted by molar-refractivity contribution is -0.140. The van der Waals surface area contributed by atoms with Crippen molar-refractivity contribution >= 4 is 29.4 Å². The Kier molecular flexibility index (Phi) is 5.06. The number of piperidine rings is 1. The molecule has 1 atom stereocenters. The Hall–Kier alpha value is -2.38. The number of hydrogen-bond donors (Lipinski definition) is 1. The van der Waals surface area contributed by atoms with Gasteiger partial charge in [-0.05, 0) is 56.4 Å². The van der Waals surface area contributed by atoms with Gasteiger partial charge in [0, 0.05) is 37.3 Å². The maximum Gasteiger partial charge on any atom is 0.228 e. The molecule has 2 aliphatic heterocycles. The van der Waals surface area contributed by atoms with Crippen LogP contribution < -0.4 is 5.01 Å². The second-order valence-electron chi connectivity index (χ2n) is 9.43. The van der Waals surface area contributed by atoms with Gasteiger partial charge in [0.05, 0.1) is 34.2 Å². The third-order valence-electron chi connectivity index (χ3n) is 6.97. The summed E-state index contributed by atoms with van der Waals surface area (Å²) < 4.78 is 1.73. The first kappa shape index (κ1) is 20.5. The van der Waals surface area contributed by atoms with Crippen molar-refractivity contribution in [2.45, 2.75) is 57.1 Å². The lowest BCUT2D eigenvalue weighted by Crippen LogP contribution is -2.50. The standard InChI is InChI=1S/C23H28ClN5O2/c1-22(7-8-22)21(30)27-12-9-23(31,10-13-27)14-20-6-11-25-29(20)19-4-2-18(3-5-19)28-16-17(24)15-26-28/h2-5,11,15-16,20,31H,6-10,12-14H2,1H3. The molecule has 3 heterocycles. The lowest BCUT2D eigenvalue weighted by atomic mass is 9.84. The van der Waals surface area contributed by atoms with E-state index in [1.165, 1.54) is 0 Å². The fourth-order valence-electron chi connectivity index (χ4n) is 4.65. The Morgan fingerprint density at radius 1 is 1.16 bits per heavy atom. The van der Waals surface area contributed by atoms with E-state index in [0.717, 1.165) is 30.6 Å². The van der Waals surface area contributed by atoms with E-state index in [1.54, 1.807) is 17.1 Å². The number of aliphatic hydroxyl groups is 1. The number of nitrogens with zero attached hydrogens (tertiary/aromatic N) is 5. The minimum atomic E-state index is -0.760. The van der Waals surface area contributed by atoms with E-state index in [9.17, 15) is 9.90 Å². The van der Waals surface area contributed by atoms with Crippen molar-refractivity contribution in [1.82, 2.24) is 14.7 Å². The van der Waals surface area contributed by atoms with Gasteiger partial charge in [-0.1, -0.05) is 18.5 Å². The largest absolute Gasteiger partial charge is 0.390 e. The summed E-state index contributed by atoms with van der Waals surface area (Å²) in [6, 6.07) is 8.12. The molecule has 0 radical (unpaired) electrons. The number of amides is 1. The molecule has 2 aromatic rings. The molecule has 1 aliphatic carbocycles. The Morgan fingerprint density at radius 3 is 2.45 bits per heavy atom. The highest BCUT2D eigenvalue weighted by Crippen LogP contribution is 2.47. The summed E-state index contributed by atoms with van der Waals surface area (Å²) in [5.41, 5.74) is 1.01. The van der Waals surface area contributed by atoms with Crippen LogP contribution in [0.5, 0.6) is 0 Å². The van der Waals surface area contributed by atoms with Crippen molar-refractivity contribution in [3.8, 4) is 5.69 Å². The van der Waals surface area contributed by atoms with Gasteiger partial charge in [0.2, 0.25) is 5.91 Å². The number of hydrazone groups is 1. The van der Waals surface area contributed by atoms with E-state index < -0.39 is 5.60 Å². The molecule has 1 aromatic heterocycles. The summed E-state index contributed by atoms with van der Waals surface area (Å²) in [5, 5.41) is 22.7. The molecule has 164 valence electrons. The monoisotopic (exact) mass is 441 g/mol. The van der Waals surface area contributed by atoms with Gasteiger partial charge in [-0.15, -0.1) is 0 Å². The topological polar surface area (TPSA) is 74.0 Å². The summed E-state index contributed by atoms with van der Waals surface area (Å²) in [7, 11) is 0.